The fourth-order valence-corrected chi connectivity index (χ4v) is 4.58. The number of hydrogen-bond donors (Lipinski definition) is 0. The number of benzene rings is 2. The van der Waals surface area contributed by atoms with Crippen LogP contribution in [0.4, 0.5) is 0 Å². The molecule has 5 nitrogen and oxygen atoms in total. The third-order valence-electron chi connectivity index (χ3n) is 6.28. The monoisotopic (exact) mass is 408 g/mol. The van der Waals surface area contributed by atoms with Crippen molar-refractivity contribution >= 4 is 5.91 Å². The first-order chi connectivity index (χ1) is 14.7. The molecule has 160 valence electrons. The van der Waals surface area contributed by atoms with Crippen molar-refractivity contribution in [2.75, 3.05) is 39.9 Å². The molecule has 0 radical (unpaired) electrons. The Morgan fingerprint density at radius 2 is 1.73 bits per heavy atom. The summed E-state index contributed by atoms with van der Waals surface area (Å²) in [4.78, 5) is 17.2. The fourth-order valence-electron chi connectivity index (χ4n) is 4.58. The van der Waals surface area contributed by atoms with E-state index in [9.17, 15) is 4.79 Å². The van der Waals surface area contributed by atoms with Crippen molar-refractivity contribution in [3.8, 4) is 5.75 Å². The molecule has 0 aliphatic carbocycles. The number of methoxy groups -OCH3 is 1. The van der Waals surface area contributed by atoms with Gasteiger partial charge >= 0.3 is 0 Å². The van der Waals surface area contributed by atoms with Gasteiger partial charge in [0, 0.05) is 39.2 Å². The number of ether oxygens (including phenoxy) is 2. The van der Waals surface area contributed by atoms with Crippen molar-refractivity contribution in [2.45, 2.75) is 37.8 Å². The molecule has 2 aliphatic rings. The minimum atomic E-state index is 0.182. The van der Waals surface area contributed by atoms with Crippen LogP contribution in [0.5, 0.6) is 5.75 Å². The average molecular weight is 409 g/mol. The highest BCUT2D eigenvalue weighted by molar-refractivity contribution is 5.76. The van der Waals surface area contributed by atoms with Gasteiger partial charge in [-0.05, 0) is 42.5 Å². The Labute approximate surface area is 179 Å². The lowest BCUT2D eigenvalue weighted by atomic mass is 9.96. The summed E-state index contributed by atoms with van der Waals surface area (Å²) >= 11 is 0. The van der Waals surface area contributed by atoms with Gasteiger partial charge in [-0.1, -0.05) is 42.5 Å². The Hall–Kier alpha value is -2.37. The molecule has 2 aromatic rings. The predicted molar refractivity (Wildman–Crippen MR) is 118 cm³/mol. The van der Waals surface area contributed by atoms with Crippen LogP contribution in [-0.4, -0.2) is 61.7 Å². The van der Waals surface area contributed by atoms with Gasteiger partial charge in [0.2, 0.25) is 5.91 Å². The number of hydrogen-bond acceptors (Lipinski definition) is 4. The Kier molecular flexibility index (Phi) is 7.03. The number of carbonyl (C=O) groups is 1. The van der Waals surface area contributed by atoms with E-state index < -0.39 is 0 Å². The Morgan fingerprint density at radius 1 is 1.03 bits per heavy atom. The Morgan fingerprint density at radius 3 is 2.37 bits per heavy atom. The number of rotatable bonds is 7. The van der Waals surface area contributed by atoms with Crippen LogP contribution in [0.15, 0.2) is 54.6 Å². The van der Waals surface area contributed by atoms with E-state index >= 15 is 0 Å². The number of amides is 1. The summed E-state index contributed by atoms with van der Waals surface area (Å²) in [6, 6.07) is 19.1. The maximum Gasteiger partial charge on any atom is 0.222 e. The molecular formula is C25H32N2O3. The normalized spacial score (nSPS) is 20.8. The minimum absolute atomic E-state index is 0.182. The third kappa shape index (κ3) is 5.02. The number of carbonyl (C=O) groups excluding carboxylic acids is 1. The van der Waals surface area contributed by atoms with Crippen molar-refractivity contribution in [3.05, 3.63) is 65.7 Å². The number of nitrogens with zero attached hydrogens (tertiary/aromatic N) is 2. The van der Waals surface area contributed by atoms with Gasteiger partial charge in [0.1, 0.15) is 5.75 Å². The molecule has 0 unspecified atom stereocenters. The molecule has 0 spiro atoms. The maximum absolute atomic E-state index is 12.7. The predicted octanol–water partition coefficient (Wildman–Crippen LogP) is 3.89. The highest BCUT2D eigenvalue weighted by Crippen LogP contribution is 2.31. The first-order valence-corrected chi connectivity index (χ1v) is 11.1. The van der Waals surface area contributed by atoms with Crippen LogP contribution in [0, 0.1) is 0 Å². The molecule has 0 N–H and O–H groups in total. The molecule has 1 amide bonds. The number of piperazine rings is 1. The van der Waals surface area contributed by atoms with Gasteiger partial charge in [0.15, 0.2) is 0 Å². The molecule has 5 heteroatoms. The van der Waals surface area contributed by atoms with E-state index in [1.54, 1.807) is 7.11 Å². The third-order valence-corrected chi connectivity index (χ3v) is 6.28. The second kappa shape index (κ2) is 10.1. The highest BCUT2D eigenvalue weighted by Gasteiger charge is 2.28. The van der Waals surface area contributed by atoms with Gasteiger partial charge in [-0.3, -0.25) is 9.69 Å². The van der Waals surface area contributed by atoms with Crippen molar-refractivity contribution < 1.29 is 14.3 Å². The quantitative estimate of drug-likeness (QED) is 0.697. The molecule has 0 aromatic heterocycles. The summed E-state index contributed by atoms with van der Waals surface area (Å²) in [6.07, 6.45) is 3.97. The summed E-state index contributed by atoms with van der Waals surface area (Å²) < 4.78 is 11.0. The first-order valence-electron chi connectivity index (χ1n) is 11.1. The molecule has 2 saturated heterocycles. The molecule has 2 fully saturated rings. The zero-order chi connectivity index (χ0) is 20.8. The molecule has 2 heterocycles. The van der Waals surface area contributed by atoms with Crippen LogP contribution < -0.4 is 4.74 Å². The van der Waals surface area contributed by atoms with Gasteiger partial charge in [0.05, 0.1) is 19.3 Å². The van der Waals surface area contributed by atoms with Crippen molar-refractivity contribution in [1.82, 2.24) is 9.80 Å². The maximum atomic E-state index is 12.7. The zero-order valence-corrected chi connectivity index (χ0v) is 17.8. The van der Waals surface area contributed by atoms with Crippen molar-refractivity contribution in [2.24, 2.45) is 0 Å². The van der Waals surface area contributed by atoms with Crippen LogP contribution >= 0.6 is 0 Å². The van der Waals surface area contributed by atoms with Gasteiger partial charge in [-0.15, -0.1) is 0 Å². The van der Waals surface area contributed by atoms with Gasteiger partial charge < -0.3 is 14.4 Å². The van der Waals surface area contributed by atoms with E-state index in [1.165, 1.54) is 11.1 Å². The zero-order valence-electron chi connectivity index (χ0n) is 17.8. The van der Waals surface area contributed by atoms with Crippen LogP contribution in [0.3, 0.4) is 0 Å². The Bertz CT molecular complexity index is 795. The lowest BCUT2D eigenvalue weighted by Gasteiger charge is -2.40. The Balaban J connectivity index is 1.40. The van der Waals surface area contributed by atoms with Crippen LogP contribution in [0.1, 0.15) is 42.9 Å². The second-order valence-electron chi connectivity index (χ2n) is 8.18. The largest absolute Gasteiger partial charge is 0.497 e. The summed E-state index contributed by atoms with van der Waals surface area (Å²) in [5.74, 6) is 1.14. The summed E-state index contributed by atoms with van der Waals surface area (Å²) in [7, 11) is 1.69. The second-order valence-corrected chi connectivity index (χ2v) is 8.18. The minimum Gasteiger partial charge on any atom is -0.497 e. The van der Waals surface area contributed by atoms with Gasteiger partial charge in [0.25, 0.3) is 0 Å². The van der Waals surface area contributed by atoms with Crippen LogP contribution in [-0.2, 0) is 9.53 Å². The standard InChI is InChI=1S/C25H32N2O3/c1-29-22-11-9-21(10-12-22)25(20-6-3-2-4-7-20)27-17-15-26(16-18-27)24(28)14-13-23-8-5-19-30-23/h2-4,6-7,9-12,23,25H,5,8,13-19H2,1H3/t23-,25+/m0/s1. The molecule has 0 saturated carbocycles. The molecule has 2 atom stereocenters. The van der Waals surface area contributed by atoms with E-state index in [0.29, 0.717) is 6.42 Å². The van der Waals surface area contributed by atoms with Crippen LogP contribution in [0.25, 0.3) is 0 Å². The van der Waals surface area contributed by atoms with Crippen molar-refractivity contribution in [3.63, 3.8) is 0 Å². The van der Waals surface area contributed by atoms with Gasteiger partial charge in [-0.2, -0.15) is 0 Å². The smallest absolute Gasteiger partial charge is 0.222 e. The van der Waals surface area contributed by atoms with E-state index in [0.717, 1.165) is 57.8 Å². The molecule has 4 rings (SSSR count). The molecule has 30 heavy (non-hydrogen) atoms. The first kappa shape index (κ1) is 20.9. The lowest BCUT2D eigenvalue weighted by Crippen LogP contribution is -2.49. The van der Waals surface area contributed by atoms with Crippen molar-refractivity contribution in [1.29, 1.82) is 0 Å². The highest BCUT2D eigenvalue weighted by atomic mass is 16.5. The van der Waals surface area contributed by atoms with Gasteiger partial charge in [-0.25, -0.2) is 0 Å². The average Bonchev–Trinajstić information content (AvgIpc) is 3.33. The summed E-state index contributed by atoms with van der Waals surface area (Å²) in [6.45, 7) is 4.16. The molecule has 2 aromatic carbocycles. The molecular weight excluding hydrogens is 376 g/mol. The van der Waals surface area contributed by atoms with E-state index in [2.05, 4.69) is 47.4 Å². The SMILES string of the molecule is COc1ccc([C@@H](c2ccccc2)N2CCN(C(=O)CC[C@@H]3CCCO3)CC2)cc1. The fraction of sp³-hybridized carbons (Fsp3) is 0.480. The molecule has 0 bridgehead atoms. The molecule has 2 aliphatic heterocycles. The van der Waals surface area contributed by atoms with E-state index in [4.69, 9.17) is 9.47 Å². The van der Waals surface area contributed by atoms with E-state index in [1.807, 2.05) is 17.0 Å². The topological polar surface area (TPSA) is 42.0 Å². The lowest BCUT2D eigenvalue weighted by molar-refractivity contribution is -0.133. The summed E-state index contributed by atoms with van der Waals surface area (Å²) in [5.41, 5.74) is 2.53. The van der Waals surface area contributed by atoms with Crippen LogP contribution in [0.2, 0.25) is 0 Å². The van der Waals surface area contributed by atoms with E-state index in [-0.39, 0.29) is 18.1 Å². The summed E-state index contributed by atoms with van der Waals surface area (Å²) in [5, 5.41) is 0.